The highest BCUT2D eigenvalue weighted by Gasteiger charge is 2.50. The summed E-state index contributed by atoms with van der Waals surface area (Å²) in [6.07, 6.45) is -0.772. The average Bonchev–Trinajstić information content (AvgIpc) is 3.17. The normalized spacial score (nSPS) is 14.1. The van der Waals surface area contributed by atoms with Gasteiger partial charge in [-0.15, -0.1) is 0 Å². The highest BCUT2D eigenvalue weighted by atomic mass is 32.2. The molecule has 11 nitrogen and oxygen atoms in total. The van der Waals surface area contributed by atoms with E-state index in [0.29, 0.717) is 11.3 Å². The van der Waals surface area contributed by atoms with E-state index < -0.39 is 56.5 Å². The van der Waals surface area contributed by atoms with Crippen LogP contribution in [-0.4, -0.2) is 56.6 Å². The number of hydrogen-bond donors (Lipinski definition) is 1. The number of nitrogens with zero attached hydrogens (tertiary/aromatic N) is 1. The fourth-order valence-electron chi connectivity index (χ4n) is 4.46. The number of rotatable bonds is 8. The Morgan fingerprint density at radius 2 is 1.48 bits per heavy atom. The smallest absolute Gasteiger partial charge is 0.493 e. The van der Waals surface area contributed by atoms with Gasteiger partial charge in [0, 0.05) is 5.69 Å². The fraction of sp³-hybridized carbons (Fsp3) is 0.276. The summed E-state index contributed by atoms with van der Waals surface area (Å²) in [5.74, 6) is -2.47. The molecule has 0 bridgehead atoms. The second kappa shape index (κ2) is 11.7. The lowest BCUT2D eigenvalue weighted by Gasteiger charge is -2.28. The second-order valence-electron chi connectivity index (χ2n) is 10.4. The first kappa shape index (κ1) is 32.1. The second-order valence-corrected chi connectivity index (χ2v) is 11.9. The average molecular weight is 637 g/mol. The van der Waals surface area contributed by atoms with Crippen LogP contribution >= 0.6 is 0 Å². The molecule has 3 aromatic carbocycles. The molecule has 0 spiro atoms. The number of hydrogen-bond acceptors (Lipinski definition) is 9. The summed E-state index contributed by atoms with van der Waals surface area (Å²) in [4.78, 5) is 40.8. The van der Waals surface area contributed by atoms with Gasteiger partial charge >= 0.3 is 21.7 Å². The van der Waals surface area contributed by atoms with Crippen molar-refractivity contribution in [3.63, 3.8) is 0 Å². The van der Waals surface area contributed by atoms with Crippen LogP contribution in [0.15, 0.2) is 60.7 Å². The van der Waals surface area contributed by atoms with Gasteiger partial charge in [-0.1, -0.05) is 24.3 Å². The highest BCUT2D eigenvalue weighted by Crippen LogP contribution is 2.42. The maximum Gasteiger partial charge on any atom is 0.534 e. The lowest BCUT2D eigenvalue weighted by Crippen LogP contribution is -2.35. The number of methoxy groups -OCH3 is 2. The molecule has 1 atom stereocenters. The predicted octanol–water partition coefficient (Wildman–Crippen LogP) is 5.66. The molecule has 1 aliphatic heterocycles. The molecule has 0 fully saturated rings. The Labute approximate surface area is 250 Å². The van der Waals surface area contributed by atoms with Crippen molar-refractivity contribution < 1.29 is 54.4 Å². The molecule has 0 saturated heterocycles. The minimum atomic E-state index is -6.17. The minimum absolute atomic E-state index is 0.231. The molecular formula is C29H27F3N2O9S. The van der Waals surface area contributed by atoms with Gasteiger partial charge in [-0.05, 0) is 68.3 Å². The molecule has 3 amide bonds. The number of fused-ring (bicyclic) bond motifs is 1. The molecule has 1 heterocycles. The quantitative estimate of drug-likeness (QED) is 0.188. The lowest BCUT2D eigenvalue weighted by molar-refractivity contribution is -0.0500. The van der Waals surface area contributed by atoms with Crippen LogP contribution < -0.4 is 19.0 Å². The van der Waals surface area contributed by atoms with Gasteiger partial charge in [0.1, 0.15) is 5.60 Å². The zero-order valence-corrected chi connectivity index (χ0v) is 24.8. The number of carbonyl (C=O) groups is 3. The zero-order chi connectivity index (χ0) is 32.6. The first-order chi connectivity index (χ1) is 20.5. The third-order valence-electron chi connectivity index (χ3n) is 6.22. The minimum Gasteiger partial charge on any atom is -0.493 e. The summed E-state index contributed by atoms with van der Waals surface area (Å²) in [7, 11) is -3.39. The third kappa shape index (κ3) is 6.41. The third-order valence-corrected chi connectivity index (χ3v) is 7.19. The van der Waals surface area contributed by atoms with Crippen molar-refractivity contribution in [1.29, 1.82) is 0 Å². The number of anilines is 1. The number of halogens is 3. The monoisotopic (exact) mass is 636 g/mol. The molecule has 15 heteroatoms. The summed E-state index contributed by atoms with van der Waals surface area (Å²) in [5, 5.41) is 2.58. The van der Waals surface area contributed by atoms with Gasteiger partial charge in [-0.2, -0.15) is 21.6 Å². The van der Waals surface area contributed by atoms with E-state index in [1.54, 1.807) is 32.9 Å². The fourth-order valence-corrected chi connectivity index (χ4v) is 4.93. The molecule has 0 saturated carbocycles. The molecule has 1 N–H and O–H groups in total. The summed E-state index contributed by atoms with van der Waals surface area (Å²) in [6.45, 7) is 5.03. The van der Waals surface area contributed by atoms with Gasteiger partial charge in [-0.3, -0.25) is 19.8 Å². The van der Waals surface area contributed by atoms with E-state index in [4.69, 9.17) is 14.2 Å². The van der Waals surface area contributed by atoms with Gasteiger partial charge in [0.2, 0.25) is 0 Å². The summed E-state index contributed by atoms with van der Waals surface area (Å²) < 4.78 is 83.2. The molecule has 0 aliphatic carbocycles. The number of benzene rings is 3. The van der Waals surface area contributed by atoms with Crippen molar-refractivity contribution in [2.45, 2.75) is 37.9 Å². The number of ether oxygens (including phenoxy) is 3. The van der Waals surface area contributed by atoms with Crippen LogP contribution in [0.3, 0.4) is 0 Å². The lowest BCUT2D eigenvalue weighted by atomic mass is 9.96. The topological polar surface area (TPSA) is 138 Å². The maximum atomic E-state index is 13.9. The van der Waals surface area contributed by atoms with E-state index in [1.807, 2.05) is 0 Å². The first-order valence-corrected chi connectivity index (χ1v) is 14.2. The van der Waals surface area contributed by atoms with Gasteiger partial charge in [-0.25, -0.2) is 4.79 Å². The van der Waals surface area contributed by atoms with Crippen molar-refractivity contribution in [2.75, 3.05) is 19.5 Å². The van der Waals surface area contributed by atoms with Gasteiger partial charge in [0.25, 0.3) is 11.8 Å². The molecule has 4 rings (SSSR count). The SMILES string of the molecule is COc1ccc(C(c2cccc(NC(=O)OC(C)(C)C)c2)N2C(=O)c3cccc(OS(=O)(=O)C(F)(F)F)c3C2=O)cc1OC. The Morgan fingerprint density at radius 1 is 0.841 bits per heavy atom. The first-order valence-electron chi connectivity index (χ1n) is 12.8. The van der Waals surface area contributed by atoms with Crippen molar-refractivity contribution in [3.05, 3.63) is 82.9 Å². The molecule has 0 aromatic heterocycles. The molecule has 234 valence electrons. The van der Waals surface area contributed by atoms with Crippen molar-refractivity contribution in [3.8, 4) is 17.2 Å². The van der Waals surface area contributed by atoms with Crippen LogP contribution in [0.5, 0.6) is 17.2 Å². The summed E-state index contributed by atoms with van der Waals surface area (Å²) >= 11 is 0. The van der Waals surface area contributed by atoms with Gasteiger partial charge in [0.05, 0.1) is 31.4 Å². The van der Waals surface area contributed by atoms with Crippen molar-refractivity contribution in [2.24, 2.45) is 0 Å². The number of imide groups is 1. The largest absolute Gasteiger partial charge is 0.534 e. The zero-order valence-electron chi connectivity index (χ0n) is 24.0. The Bertz CT molecular complexity index is 1730. The molecule has 1 aliphatic rings. The Hall–Kier alpha value is -4.79. The van der Waals surface area contributed by atoms with E-state index in [1.165, 1.54) is 44.6 Å². The van der Waals surface area contributed by atoms with Crippen LogP contribution in [0.1, 0.15) is 58.7 Å². The molecule has 0 radical (unpaired) electrons. The predicted molar refractivity (Wildman–Crippen MR) is 150 cm³/mol. The summed E-state index contributed by atoms with van der Waals surface area (Å²) in [6, 6.07) is 12.5. The van der Waals surface area contributed by atoms with E-state index in [9.17, 15) is 36.0 Å². The van der Waals surface area contributed by atoms with E-state index in [2.05, 4.69) is 9.50 Å². The van der Waals surface area contributed by atoms with E-state index in [0.717, 1.165) is 23.1 Å². The highest BCUT2D eigenvalue weighted by molar-refractivity contribution is 7.88. The Balaban J connectivity index is 1.85. The van der Waals surface area contributed by atoms with E-state index in [-0.39, 0.29) is 22.6 Å². The number of nitrogens with one attached hydrogen (secondary N) is 1. The summed E-state index contributed by atoms with van der Waals surface area (Å²) in [5.41, 5.74) is -6.81. The van der Waals surface area contributed by atoms with Crippen LogP contribution in [-0.2, 0) is 14.9 Å². The van der Waals surface area contributed by atoms with Crippen molar-refractivity contribution in [1.82, 2.24) is 4.90 Å². The van der Waals surface area contributed by atoms with Gasteiger partial charge in [0.15, 0.2) is 17.2 Å². The standard InChI is InChI=1S/C29H27F3N2O9S/c1-28(2,3)42-27(37)33-18-9-6-8-16(14-18)24(17-12-13-20(40-4)22(15-17)41-5)34-25(35)19-10-7-11-21(23(19)26(34)36)43-44(38,39)29(30,31)32/h6-15,24H,1-5H3,(H,33,37). The molecule has 3 aromatic rings. The van der Waals surface area contributed by atoms with E-state index >= 15 is 0 Å². The van der Waals surface area contributed by atoms with Crippen LogP contribution in [0.25, 0.3) is 0 Å². The van der Waals surface area contributed by atoms with Gasteiger partial charge < -0.3 is 18.4 Å². The Kier molecular flexibility index (Phi) is 8.55. The number of amides is 3. The maximum absolute atomic E-state index is 13.9. The molecular weight excluding hydrogens is 609 g/mol. The van der Waals surface area contributed by atoms with Crippen LogP contribution in [0.2, 0.25) is 0 Å². The van der Waals surface area contributed by atoms with Crippen LogP contribution in [0.4, 0.5) is 23.7 Å². The molecule has 1 unspecified atom stereocenters. The molecule has 44 heavy (non-hydrogen) atoms. The van der Waals surface area contributed by atoms with Crippen molar-refractivity contribution >= 4 is 33.7 Å². The Morgan fingerprint density at radius 3 is 2.09 bits per heavy atom. The number of carbonyl (C=O) groups excluding carboxylic acids is 3. The number of alkyl halides is 3. The van der Waals surface area contributed by atoms with Crippen LogP contribution in [0, 0.1) is 0 Å².